The van der Waals surface area contributed by atoms with Gasteiger partial charge in [0.2, 0.25) is 5.91 Å². The lowest BCUT2D eigenvalue weighted by atomic mass is 10.3. The Morgan fingerprint density at radius 1 is 1.42 bits per heavy atom. The average Bonchev–Trinajstić information content (AvgIpc) is 2.06. The van der Waals surface area contributed by atoms with Gasteiger partial charge in [-0.05, 0) is 13.3 Å². The van der Waals surface area contributed by atoms with Gasteiger partial charge in [-0.1, -0.05) is 31.6 Å². The summed E-state index contributed by atoms with van der Waals surface area (Å²) >= 11 is 0. The third-order valence-corrected chi connectivity index (χ3v) is 1.38. The van der Waals surface area contributed by atoms with E-state index in [0.29, 0.717) is 0 Å². The summed E-state index contributed by atoms with van der Waals surface area (Å²) in [5.41, 5.74) is 0. The lowest BCUT2D eigenvalue weighted by Crippen LogP contribution is -2.21. The standard InChI is InChI=1S/C10H17NO/c1-3-5-7-8-10(12)11-9-6-4-2/h3,5,7-8H,4,6,9H2,1-2H3,(H,11,12)/b5-3+,8-7?. The van der Waals surface area contributed by atoms with Crippen LogP contribution in [0.2, 0.25) is 0 Å². The van der Waals surface area contributed by atoms with Crippen molar-refractivity contribution in [3.63, 3.8) is 0 Å². The fraction of sp³-hybridized carbons (Fsp3) is 0.500. The van der Waals surface area contributed by atoms with Crippen molar-refractivity contribution in [2.75, 3.05) is 6.54 Å². The molecule has 0 saturated carbocycles. The van der Waals surface area contributed by atoms with Crippen LogP contribution in [0.5, 0.6) is 0 Å². The van der Waals surface area contributed by atoms with Crippen molar-refractivity contribution in [3.8, 4) is 0 Å². The van der Waals surface area contributed by atoms with Crippen molar-refractivity contribution >= 4 is 5.91 Å². The molecule has 68 valence electrons. The molecule has 0 unspecified atom stereocenters. The first kappa shape index (κ1) is 11.0. The SMILES string of the molecule is C/C=C/C=CC(=O)NCCCC. The Morgan fingerprint density at radius 3 is 2.75 bits per heavy atom. The molecule has 0 atom stereocenters. The zero-order chi connectivity index (χ0) is 9.23. The predicted octanol–water partition coefficient (Wildman–Crippen LogP) is 2.04. The Kier molecular flexibility index (Phi) is 7.35. The van der Waals surface area contributed by atoms with E-state index in [2.05, 4.69) is 12.2 Å². The van der Waals surface area contributed by atoms with E-state index in [1.807, 2.05) is 19.1 Å². The van der Waals surface area contributed by atoms with Crippen LogP contribution in [0, 0.1) is 0 Å². The summed E-state index contributed by atoms with van der Waals surface area (Å²) in [4.78, 5) is 11.0. The van der Waals surface area contributed by atoms with Crippen molar-refractivity contribution < 1.29 is 4.79 Å². The minimum Gasteiger partial charge on any atom is -0.353 e. The summed E-state index contributed by atoms with van der Waals surface area (Å²) in [7, 11) is 0. The molecule has 0 aromatic heterocycles. The molecule has 1 N–H and O–H groups in total. The first-order valence-corrected chi connectivity index (χ1v) is 4.38. The molecule has 0 rings (SSSR count). The van der Waals surface area contributed by atoms with E-state index in [0.717, 1.165) is 19.4 Å². The van der Waals surface area contributed by atoms with E-state index in [1.54, 1.807) is 6.08 Å². The monoisotopic (exact) mass is 167 g/mol. The number of hydrogen-bond acceptors (Lipinski definition) is 1. The molecular weight excluding hydrogens is 150 g/mol. The van der Waals surface area contributed by atoms with E-state index in [-0.39, 0.29) is 5.91 Å². The molecule has 0 radical (unpaired) electrons. The number of allylic oxidation sites excluding steroid dienone is 3. The van der Waals surface area contributed by atoms with Gasteiger partial charge in [0.25, 0.3) is 0 Å². The van der Waals surface area contributed by atoms with Crippen LogP contribution >= 0.6 is 0 Å². The normalized spacial score (nSPS) is 11.2. The Bertz CT molecular complexity index is 171. The van der Waals surface area contributed by atoms with Crippen LogP contribution in [0.3, 0.4) is 0 Å². The van der Waals surface area contributed by atoms with Crippen molar-refractivity contribution in [1.29, 1.82) is 0 Å². The van der Waals surface area contributed by atoms with Gasteiger partial charge < -0.3 is 5.32 Å². The van der Waals surface area contributed by atoms with E-state index in [9.17, 15) is 4.79 Å². The molecule has 0 aromatic carbocycles. The third-order valence-electron chi connectivity index (χ3n) is 1.38. The summed E-state index contributed by atoms with van der Waals surface area (Å²) < 4.78 is 0. The molecule has 2 heteroatoms. The van der Waals surface area contributed by atoms with E-state index in [1.165, 1.54) is 6.08 Å². The summed E-state index contributed by atoms with van der Waals surface area (Å²) in [5, 5.41) is 2.78. The Labute approximate surface area is 74.4 Å². The fourth-order valence-corrected chi connectivity index (χ4v) is 0.701. The van der Waals surface area contributed by atoms with Gasteiger partial charge in [-0.25, -0.2) is 0 Å². The second-order valence-corrected chi connectivity index (χ2v) is 2.53. The van der Waals surface area contributed by atoms with Gasteiger partial charge in [-0.3, -0.25) is 4.79 Å². The van der Waals surface area contributed by atoms with Gasteiger partial charge in [0.1, 0.15) is 0 Å². The van der Waals surface area contributed by atoms with Crippen molar-refractivity contribution in [1.82, 2.24) is 5.32 Å². The maximum Gasteiger partial charge on any atom is 0.243 e. The molecule has 12 heavy (non-hydrogen) atoms. The van der Waals surface area contributed by atoms with Gasteiger partial charge in [0.05, 0.1) is 0 Å². The summed E-state index contributed by atoms with van der Waals surface area (Å²) in [5.74, 6) is -0.0125. The first-order valence-electron chi connectivity index (χ1n) is 4.38. The smallest absolute Gasteiger partial charge is 0.243 e. The third kappa shape index (κ3) is 7.06. The molecule has 0 aromatic rings. The van der Waals surface area contributed by atoms with E-state index >= 15 is 0 Å². The quantitative estimate of drug-likeness (QED) is 0.379. The zero-order valence-corrected chi connectivity index (χ0v) is 7.84. The molecule has 0 aliphatic carbocycles. The van der Waals surface area contributed by atoms with E-state index in [4.69, 9.17) is 0 Å². The van der Waals surface area contributed by atoms with Gasteiger partial charge in [-0.15, -0.1) is 0 Å². The molecule has 0 spiro atoms. The highest BCUT2D eigenvalue weighted by molar-refractivity contribution is 5.87. The number of unbranched alkanes of at least 4 members (excludes halogenated alkanes) is 1. The van der Waals surface area contributed by atoms with Crippen LogP contribution in [-0.4, -0.2) is 12.5 Å². The maximum atomic E-state index is 11.0. The molecule has 0 aliphatic rings. The summed E-state index contributed by atoms with van der Waals surface area (Å²) in [6, 6.07) is 0. The molecule has 2 nitrogen and oxygen atoms in total. The molecule has 0 bridgehead atoms. The molecule has 0 aliphatic heterocycles. The highest BCUT2D eigenvalue weighted by atomic mass is 16.1. The number of rotatable bonds is 5. The highest BCUT2D eigenvalue weighted by Crippen LogP contribution is 1.83. The molecule has 0 saturated heterocycles. The van der Waals surface area contributed by atoms with Crippen LogP contribution in [0.1, 0.15) is 26.7 Å². The molecule has 0 heterocycles. The zero-order valence-electron chi connectivity index (χ0n) is 7.84. The average molecular weight is 167 g/mol. The van der Waals surface area contributed by atoms with Gasteiger partial charge >= 0.3 is 0 Å². The Hall–Kier alpha value is -1.05. The lowest BCUT2D eigenvalue weighted by Gasteiger charge is -1.97. The lowest BCUT2D eigenvalue weighted by molar-refractivity contribution is -0.116. The Morgan fingerprint density at radius 2 is 2.17 bits per heavy atom. The fourth-order valence-electron chi connectivity index (χ4n) is 0.701. The van der Waals surface area contributed by atoms with Gasteiger partial charge in [0.15, 0.2) is 0 Å². The van der Waals surface area contributed by atoms with Crippen LogP contribution in [0.15, 0.2) is 24.3 Å². The number of hydrogen-bond donors (Lipinski definition) is 1. The molecular formula is C10H17NO. The predicted molar refractivity (Wildman–Crippen MR) is 51.9 cm³/mol. The van der Waals surface area contributed by atoms with Gasteiger partial charge in [-0.2, -0.15) is 0 Å². The van der Waals surface area contributed by atoms with Crippen LogP contribution < -0.4 is 5.32 Å². The minimum atomic E-state index is -0.0125. The maximum absolute atomic E-state index is 11.0. The second-order valence-electron chi connectivity index (χ2n) is 2.53. The topological polar surface area (TPSA) is 29.1 Å². The molecule has 1 amide bonds. The number of nitrogens with one attached hydrogen (secondary N) is 1. The Balaban J connectivity index is 3.45. The van der Waals surface area contributed by atoms with Crippen LogP contribution in [-0.2, 0) is 4.79 Å². The van der Waals surface area contributed by atoms with Gasteiger partial charge in [0, 0.05) is 12.6 Å². The molecule has 0 fully saturated rings. The number of carbonyl (C=O) groups excluding carboxylic acids is 1. The summed E-state index contributed by atoms with van der Waals surface area (Å²) in [6.45, 7) is 4.79. The highest BCUT2D eigenvalue weighted by Gasteiger charge is 1.90. The number of amides is 1. The van der Waals surface area contributed by atoms with Crippen molar-refractivity contribution in [2.24, 2.45) is 0 Å². The van der Waals surface area contributed by atoms with Crippen molar-refractivity contribution in [2.45, 2.75) is 26.7 Å². The van der Waals surface area contributed by atoms with Crippen LogP contribution in [0.25, 0.3) is 0 Å². The van der Waals surface area contributed by atoms with Crippen molar-refractivity contribution in [3.05, 3.63) is 24.3 Å². The van der Waals surface area contributed by atoms with Crippen LogP contribution in [0.4, 0.5) is 0 Å². The number of carbonyl (C=O) groups is 1. The largest absolute Gasteiger partial charge is 0.353 e. The van der Waals surface area contributed by atoms with E-state index < -0.39 is 0 Å². The first-order chi connectivity index (χ1) is 5.81. The summed E-state index contributed by atoms with van der Waals surface area (Å²) in [6.07, 6.45) is 9.15. The minimum absolute atomic E-state index is 0.0125. The second kappa shape index (κ2) is 8.05.